The van der Waals surface area contributed by atoms with Gasteiger partial charge in [0.15, 0.2) is 0 Å². The van der Waals surface area contributed by atoms with Gasteiger partial charge in [0, 0.05) is 18.8 Å². The fourth-order valence-corrected chi connectivity index (χ4v) is 0.988. The molecule has 1 unspecified atom stereocenters. The number of nitrogens with two attached hydrogens (primary N) is 1. The van der Waals surface area contributed by atoms with E-state index in [0.717, 1.165) is 5.56 Å². The van der Waals surface area contributed by atoms with Gasteiger partial charge in [-0.2, -0.15) is 10.2 Å². The Kier molecular flexibility index (Phi) is 2.52. The van der Waals surface area contributed by atoms with Crippen molar-refractivity contribution in [2.75, 3.05) is 0 Å². The van der Waals surface area contributed by atoms with E-state index in [1.165, 1.54) is 0 Å². The van der Waals surface area contributed by atoms with Crippen LogP contribution in [0.25, 0.3) is 0 Å². The van der Waals surface area contributed by atoms with Gasteiger partial charge in [-0.1, -0.05) is 0 Å². The summed E-state index contributed by atoms with van der Waals surface area (Å²) in [6.07, 6.45) is 3.27. The number of hydrogen-bond acceptors (Lipinski definition) is 3. The van der Waals surface area contributed by atoms with Gasteiger partial charge in [0.05, 0.1) is 12.2 Å². The minimum absolute atomic E-state index is 0.469. The molecule has 1 aromatic heterocycles. The highest BCUT2D eigenvalue weighted by Crippen LogP contribution is 2.16. The second-order valence-electron chi connectivity index (χ2n) is 2.81. The number of carbonyl (C=O) groups is 1. The van der Waals surface area contributed by atoms with Gasteiger partial charge in [0.1, 0.15) is 0 Å². The summed E-state index contributed by atoms with van der Waals surface area (Å²) in [4.78, 5) is 10.6. The molecular formula is C7H12N4O2. The molecule has 0 saturated carbocycles. The van der Waals surface area contributed by atoms with Crippen LogP contribution in [-0.2, 0) is 7.05 Å². The second kappa shape index (κ2) is 3.44. The summed E-state index contributed by atoms with van der Waals surface area (Å²) < 4.78 is 1.58. The quantitative estimate of drug-likeness (QED) is 0.510. The van der Waals surface area contributed by atoms with E-state index >= 15 is 0 Å². The van der Waals surface area contributed by atoms with Crippen molar-refractivity contribution in [3.8, 4) is 0 Å². The fourth-order valence-electron chi connectivity index (χ4n) is 0.988. The van der Waals surface area contributed by atoms with Crippen LogP contribution in [0.2, 0.25) is 0 Å². The van der Waals surface area contributed by atoms with Gasteiger partial charge >= 0.3 is 6.03 Å². The number of aryl methyl sites for hydroxylation is 1. The molecule has 0 bridgehead atoms. The number of urea groups is 1. The molecule has 13 heavy (non-hydrogen) atoms. The summed E-state index contributed by atoms with van der Waals surface area (Å²) in [5.74, 6) is 0. The van der Waals surface area contributed by atoms with Gasteiger partial charge < -0.3 is 5.73 Å². The van der Waals surface area contributed by atoms with E-state index in [0.29, 0.717) is 5.06 Å². The van der Waals surface area contributed by atoms with Crippen molar-refractivity contribution < 1.29 is 10.0 Å². The molecule has 1 heterocycles. The van der Waals surface area contributed by atoms with E-state index in [-0.39, 0.29) is 0 Å². The first kappa shape index (κ1) is 9.53. The standard InChI is InChI=1S/C7H12N4O2/c1-5(11(13)7(8)12)6-3-9-10(2)4-6/h3-5,13H,1-2H3,(H2,8,12). The third-order valence-corrected chi connectivity index (χ3v) is 1.80. The van der Waals surface area contributed by atoms with Crippen LogP contribution in [-0.4, -0.2) is 26.1 Å². The normalized spacial score (nSPS) is 12.5. The molecule has 0 aliphatic rings. The van der Waals surface area contributed by atoms with Gasteiger partial charge in [-0.15, -0.1) is 0 Å². The molecule has 0 saturated heterocycles. The number of carbonyl (C=O) groups excluding carboxylic acids is 1. The van der Waals surface area contributed by atoms with Crippen molar-refractivity contribution in [3.63, 3.8) is 0 Å². The maximum Gasteiger partial charge on any atom is 0.339 e. The Hall–Kier alpha value is -1.56. The van der Waals surface area contributed by atoms with Crippen molar-refractivity contribution in [2.45, 2.75) is 13.0 Å². The Morgan fingerprint density at radius 1 is 1.85 bits per heavy atom. The second-order valence-corrected chi connectivity index (χ2v) is 2.81. The van der Waals surface area contributed by atoms with Crippen molar-refractivity contribution in [3.05, 3.63) is 18.0 Å². The zero-order chi connectivity index (χ0) is 10.0. The Balaban J connectivity index is 2.78. The van der Waals surface area contributed by atoms with E-state index in [1.54, 1.807) is 31.0 Å². The Morgan fingerprint density at radius 3 is 2.85 bits per heavy atom. The lowest BCUT2D eigenvalue weighted by atomic mass is 10.2. The fraction of sp³-hybridized carbons (Fsp3) is 0.429. The monoisotopic (exact) mass is 184 g/mol. The molecular weight excluding hydrogens is 172 g/mol. The smallest absolute Gasteiger partial charge is 0.339 e. The summed E-state index contributed by atoms with van der Waals surface area (Å²) >= 11 is 0. The van der Waals surface area contributed by atoms with Crippen LogP contribution in [0.1, 0.15) is 18.5 Å². The number of hydrogen-bond donors (Lipinski definition) is 2. The van der Waals surface area contributed by atoms with Crippen molar-refractivity contribution in [1.29, 1.82) is 0 Å². The lowest BCUT2D eigenvalue weighted by Gasteiger charge is -2.18. The molecule has 0 aliphatic carbocycles. The minimum Gasteiger partial charge on any atom is -0.350 e. The van der Waals surface area contributed by atoms with E-state index in [2.05, 4.69) is 5.10 Å². The summed E-state index contributed by atoms with van der Waals surface area (Å²) in [5, 5.41) is 13.6. The molecule has 6 nitrogen and oxygen atoms in total. The highest BCUT2D eigenvalue weighted by molar-refractivity contribution is 5.71. The molecule has 0 fully saturated rings. The third kappa shape index (κ3) is 1.97. The van der Waals surface area contributed by atoms with Crippen LogP contribution in [0.15, 0.2) is 12.4 Å². The summed E-state index contributed by atoms with van der Waals surface area (Å²) in [6, 6.07) is -1.36. The summed E-state index contributed by atoms with van der Waals surface area (Å²) in [5.41, 5.74) is 5.62. The molecule has 72 valence electrons. The Morgan fingerprint density at radius 2 is 2.46 bits per heavy atom. The van der Waals surface area contributed by atoms with Crippen LogP contribution in [0, 0.1) is 0 Å². The van der Waals surface area contributed by atoms with Crippen LogP contribution < -0.4 is 5.73 Å². The van der Waals surface area contributed by atoms with Crippen molar-refractivity contribution in [1.82, 2.24) is 14.8 Å². The topological polar surface area (TPSA) is 84.4 Å². The predicted molar refractivity (Wildman–Crippen MR) is 44.8 cm³/mol. The highest BCUT2D eigenvalue weighted by Gasteiger charge is 2.17. The van der Waals surface area contributed by atoms with Gasteiger partial charge in [-0.05, 0) is 6.92 Å². The lowest BCUT2D eigenvalue weighted by Crippen LogP contribution is -2.34. The molecule has 1 rings (SSSR count). The number of hydroxylamine groups is 2. The van der Waals surface area contributed by atoms with Crippen LogP contribution in [0.5, 0.6) is 0 Å². The number of aromatic nitrogens is 2. The van der Waals surface area contributed by atoms with E-state index < -0.39 is 12.1 Å². The van der Waals surface area contributed by atoms with Gasteiger partial charge in [-0.3, -0.25) is 9.89 Å². The van der Waals surface area contributed by atoms with Gasteiger partial charge in [-0.25, -0.2) is 4.79 Å². The van der Waals surface area contributed by atoms with E-state index in [9.17, 15) is 10.0 Å². The van der Waals surface area contributed by atoms with Crippen LogP contribution in [0.4, 0.5) is 4.79 Å². The predicted octanol–water partition coefficient (Wildman–Crippen LogP) is 0.251. The maximum atomic E-state index is 10.6. The van der Waals surface area contributed by atoms with E-state index in [4.69, 9.17) is 5.73 Å². The molecule has 0 radical (unpaired) electrons. The van der Waals surface area contributed by atoms with E-state index in [1.807, 2.05) is 0 Å². The molecule has 0 aliphatic heterocycles. The van der Waals surface area contributed by atoms with Crippen LogP contribution in [0.3, 0.4) is 0 Å². The molecule has 1 atom stereocenters. The summed E-state index contributed by atoms with van der Waals surface area (Å²) in [7, 11) is 1.75. The first-order valence-electron chi connectivity index (χ1n) is 3.78. The Labute approximate surface area is 75.5 Å². The zero-order valence-corrected chi connectivity index (χ0v) is 7.51. The van der Waals surface area contributed by atoms with Gasteiger partial charge in [0.2, 0.25) is 0 Å². The summed E-state index contributed by atoms with van der Waals surface area (Å²) in [6.45, 7) is 1.65. The molecule has 2 amide bonds. The molecule has 0 aromatic carbocycles. The highest BCUT2D eigenvalue weighted by atomic mass is 16.5. The largest absolute Gasteiger partial charge is 0.350 e. The number of primary amides is 1. The number of amides is 2. The minimum atomic E-state index is -0.878. The molecule has 0 spiro atoms. The molecule has 6 heteroatoms. The zero-order valence-electron chi connectivity index (χ0n) is 7.51. The third-order valence-electron chi connectivity index (χ3n) is 1.80. The average molecular weight is 184 g/mol. The van der Waals surface area contributed by atoms with Gasteiger partial charge in [0.25, 0.3) is 0 Å². The first-order chi connectivity index (χ1) is 6.02. The molecule has 1 aromatic rings. The van der Waals surface area contributed by atoms with Crippen molar-refractivity contribution in [2.24, 2.45) is 12.8 Å². The number of rotatable bonds is 2. The molecule has 3 N–H and O–H groups in total. The SMILES string of the molecule is CC(c1cnn(C)c1)N(O)C(N)=O. The Bertz CT molecular complexity index is 309. The van der Waals surface area contributed by atoms with Crippen molar-refractivity contribution >= 4 is 6.03 Å². The average Bonchev–Trinajstić information content (AvgIpc) is 2.49. The lowest BCUT2D eigenvalue weighted by molar-refractivity contribution is -0.0710. The number of nitrogens with zero attached hydrogens (tertiary/aromatic N) is 3. The maximum absolute atomic E-state index is 10.6. The first-order valence-corrected chi connectivity index (χ1v) is 3.78. The van der Waals surface area contributed by atoms with Crippen LogP contribution >= 0.6 is 0 Å².